The molecule has 0 saturated heterocycles. The van der Waals surface area contributed by atoms with E-state index in [4.69, 9.17) is 13.6 Å². The predicted molar refractivity (Wildman–Crippen MR) is 90.9 cm³/mol. The number of amides is 1. The average molecular weight is 367 g/mol. The summed E-state index contributed by atoms with van der Waals surface area (Å²) in [5.74, 6) is 0.544. The Balaban J connectivity index is 1.90. The number of ether oxygens (including phenoxy) is 1. The minimum absolute atomic E-state index is 0.0532. The van der Waals surface area contributed by atoms with E-state index in [1.165, 1.54) is 13.4 Å². The molecule has 2 aromatic rings. The Morgan fingerprint density at radius 2 is 2.12 bits per heavy atom. The maximum Gasteiger partial charge on any atom is 0.328 e. The summed E-state index contributed by atoms with van der Waals surface area (Å²) in [6.45, 7) is 5.73. The summed E-state index contributed by atoms with van der Waals surface area (Å²) in [4.78, 5) is 23.8. The summed E-state index contributed by atoms with van der Waals surface area (Å²) >= 11 is 1.10. The lowest BCUT2D eigenvalue weighted by molar-refractivity contribution is -0.145. The number of nitrogens with zero attached hydrogens (tertiary/aromatic N) is 2. The van der Waals surface area contributed by atoms with Gasteiger partial charge in [0.25, 0.3) is 11.1 Å². The standard InChI is InChI=1S/C16H21N3O5S/c1-9(2)7-12(15(21)22-4)17-13(20)8-25-16-19-18-14(24-16)11-5-6-23-10(11)3/h5-6,9,12H,7-8H2,1-4H3,(H,17,20)/t12-/m0/s1. The lowest BCUT2D eigenvalue weighted by atomic mass is 10.0. The van der Waals surface area contributed by atoms with E-state index in [9.17, 15) is 9.59 Å². The van der Waals surface area contributed by atoms with Crippen LogP contribution in [0.1, 0.15) is 26.0 Å². The topological polar surface area (TPSA) is 107 Å². The van der Waals surface area contributed by atoms with Crippen molar-refractivity contribution in [2.45, 2.75) is 38.5 Å². The first-order valence-electron chi connectivity index (χ1n) is 7.78. The number of nitrogens with one attached hydrogen (secondary N) is 1. The quantitative estimate of drug-likeness (QED) is 0.560. The molecule has 1 N–H and O–H groups in total. The van der Waals surface area contributed by atoms with Crippen LogP contribution in [0, 0.1) is 12.8 Å². The fourth-order valence-corrected chi connectivity index (χ4v) is 2.75. The highest BCUT2D eigenvalue weighted by Crippen LogP contribution is 2.26. The largest absolute Gasteiger partial charge is 0.469 e. The monoisotopic (exact) mass is 367 g/mol. The van der Waals surface area contributed by atoms with Crippen molar-refractivity contribution in [3.05, 3.63) is 18.1 Å². The van der Waals surface area contributed by atoms with Gasteiger partial charge >= 0.3 is 5.97 Å². The van der Waals surface area contributed by atoms with Gasteiger partial charge in [0, 0.05) is 0 Å². The molecule has 2 rings (SSSR count). The maximum atomic E-state index is 12.1. The van der Waals surface area contributed by atoms with Crippen LogP contribution in [0.4, 0.5) is 0 Å². The fraction of sp³-hybridized carbons (Fsp3) is 0.500. The van der Waals surface area contributed by atoms with Crippen LogP contribution in [0.15, 0.2) is 26.4 Å². The van der Waals surface area contributed by atoms with Crippen LogP contribution >= 0.6 is 11.8 Å². The van der Waals surface area contributed by atoms with Gasteiger partial charge in [0.15, 0.2) is 0 Å². The number of carbonyl (C=O) groups excluding carboxylic acids is 2. The fourth-order valence-electron chi connectivity index (χ4n) is 2.17. The molecule has 0 spiro atoms. The molecule has 0 aliphatic rings. The number of furan rings is 1. The molecule has 0 saturated carbocycles. The first-order valence-corrected chi connectivity index (χ1v) is 8.77. The number of methoxy groups -OCH3 is 1. The van der Waals surface area contributed by atoms with Crippen molar-refractivity contribution in [3.63, 3.8) is 0 Å². The molecule has 9 heteroatoms. The van der Waals surface area contributed by atoms with Gasteiger partial charge < -0.3 is 18.9 Å². The molecule has 2 heterocycles. The highest BCUT2D eigenvalue weighted by atomic mass is 32.2. The lowest BCUT2D eigenvalue weighted by Crippen LogP contribution is -2.43. The summed E-state index contributed by atoms with van der Waals surface area (Å²) in [7, 11) is 1.30. The first-order chi connectivity index (χ1) is 11.9. The number of esters is 1. The van der Waals surface area contributed by atoms with Gasteiger partial charge in [0.2, 0.25) is 5.91 Å². The second-order valence-electron chi connectivity index (χ2n) is 5.83. The Hall–Kier alpha value is -2.29. The Morgan fingerprint density at radius 1 is 1.36 bits per heavy atom. The van der Waals surface area contributed by atoms with Gasteiger partial charge in [-0.2, -0.15) is 0 Å². The summed E-state index contributed by atoms with van der Waals surface area (Å²) in [6.07, 6.45) is 2.05. The molecule has 1 atom stereocenters. The number of aryl methyl sites for hydroxylation is 1. The van der Waals surface area contributed by atoms with Crippen molar-refractivity contribution < 1.29 is 23.2 Å². The smallest absolute Gasteiger partial charge is 0.328 e. The number of rotatable bonds is 8. The Kier molecular flexibility index (Phi) is 6.63. The van der Waals surface area contributed by atoms with Crippen molar-refractivity contribution in [1.29, 1.82) is 0 Å². The number of aromatic nitrogens is 2. The third-order valence-corrected chi connectivity index (χ3v) is 4.17. The number of hydrogen-bond donors (Lipinski definition) is 1. The Morgan fingerprint density at radius 3 is 2.72 bits per heavy atom. The zero-order chi connectivity index (χ0) is 18.4. The van der Waals surface area contributed by atoms with Crippen LogP contribution in [-0.4, -0.2) is 41.0 Å². The van der Waals surface area contributed by atoms with Crippen LogP contribution in [-0.2, 0) is 14.3 Å². The molecule has 1 amide bonds. The highest BCUT2D eigenvalue weighted by Gasteiger charge is 2.23. The number of hydrogen-bond acceptors (Lipinski definition) is 8. The van der Waals surface area contributed by atoms with Crippen LogP contribution in [0.5, 0.6) is 0 Å². The van der Waals surface area contributed by atoms with Crippen molar-refractivity contribution in [2.75, 3.05) is 12.9 Å². The van der Waals surface area contributed by atoms with Crippen LogP contribution < -0.4 is 5.32 Å². The van der Waals surface area contributed by atoms with Crippen LogP contribution in [0.2, 0.25) is 0 Å². The third-order valence-electron chi connectivity index (χ3n) is 3.35. The van der Waals surface area contributed by atoms with E-state index in [1.54, 1.807) is 13.0 Å². The molecule has 0 aliphatic heterocycles. The molecule has 0 bridgehead atoms. The van der Waals surface area contributed by atoms with Crippen molar-refractivity contribution in [1.82, 2.24) is 15.5 Å². The molecule has 8 nitrogen and oxygen atoms in total. The van der Waals surface area contributed by atoms with E-state index >= 15 is 0 Å². The predicted octanol–water partition coefficient (Wildman–Crippen LogP) is 2.43. The van der Waals surface area contributed by atoms with E-state index in [0.717, 1.165) is 11.8 Å². The highest BCUT2D eigenvalue weighted by molar-refractivity contribution is 7.99. The molecule has 0 radical (unpaired) electrons. The first kappa shape index (κ1) is 19.0. The van der Waals surface area contributed by atoms with Crippen LogP contribution in [0.3, 0.4) is 0 Å². The van der Waals surface area contributed by atoms with E-state index in [1.807, 2.05) is 13.8 Å². The zero-order valence-corrected chi connectivity index (χ0v) is 15.4. The molecule has 25 heavy (non-hydrogen) atoms. The minimum atomic E-state index is -0.662. The SMILES string of the molecule is COC(=O)[C@H](CC(C)C)NC(=O)CSc1nnc(-c2ccoc2C)o1. The van der Waals surface area contributed by atoms with Crippen molar-refractivity contribution in [2.24, 2.45) is 5.92 Å². The molecule has 0 aromatic carbocycles. The van der Waals surface area contributed by atoms with Gasteiger partial charge in [0.05, 0.1) is 24.7 Å². The Bertz CT molecular complexity index is 725. The van der Waals surface area contributed by atoms with Crippen molar-refractivity contribution in [3.8, 4) is 11.5 Å². The second-order valence-corrected chi connectivity index (χ2v) is 6.75. The molecular weight excluding hydrogens is 346 g/mol. The number of carbonyl (C=O) groups is 2. The van der Waals surface area contributed by atoms with Gasteiger partial charge in [-0.05, 0) is 25.3 Å². The summed E-state index contributed by atoms with van der Waals surface area (Å²) in [6, 6.07) is 1.07. The maximum absolute atomic E-state index is 12.1. The van der Waals surface area contributed by atoms with Gasteiger partial charge in [-0.15, -0.1) is 10.2 Å². The molecule has 0 unspecified atom stereocenters. The number of thioether (sulfide) groups is 1. The van der Waals surface area contributed by atoms with Gasteiger partial charge in [-0.25, -0.2) is 4.79 Å². The zero-order valence-electron chi connectivity index (χ0n) is 14.6. The molecule has 136 valence electrons. The summed E-state index contributed by atoms with van der Waals surface area (Å²) < 4.78 is 15.4. The lowest BCUT2D eigenvalue weighted by Gasteiger charge is -2.17. The Labute approximate surface area is 149 Å². The second kappa shape index (κ2) is 8.70. The average Bonchev–Trinajstić information content (AvgIpc) is 3.19. The van der Waals surface area contributed by atoms with E-state index < -0.39 is 12.0 Å². The molecule has 0 fully saturated rings. The van der Waals surface area contributed by atoms with E-state index in [0.29, 0.717) is 23.6 Å². The normalized spacial score (nSPS) is 12.2. The van der Waals surface area contributed by atoms with Crippen molar-refractivity contribution >= 4 is 23.6 Å². The summed E-state index contributed by atoms with van der Waals surface area (Å²) in [5.41, 5.74) is 0.714. The summed E-state index contributed by atoms with van der Waals surface area (Å²) in [5, 5.41) is 10.8. The molecule has 2 aromatic heterocycles. The van der Waals surface area contributed by atoms with E-state index in [-0.39, 0.29) is 22.8 Å². The van der Waals surface area contributed by atoms with Gasteiger partial charge in [0.1, 0.15) is 11.8 Å². The minimum Gasteiger partial charge on any atom is -0.469 e. The molecular formula is C16H21N3O5S. The third kappa shape index (κ3) is 5.35. The van der Waals surface area contributed by atoms with Crippen LogP contribution in [0.25, 0.3) is 11.5 Å². The van der Waals surface area contributed by atoms with E-state index in [2.05, 4.69) is 15.5 Å². The van der Waals surface area contributed by atoms with Gasteiger partial charge in [-0.1, -0.05) is 25.6 Å². The van der Waals surface area contributed by atoms with Gasteiger partial charge in [-0.3, -0.25) is 4.79 Å². The molecule has 0 aliphatic carbocycles.